The van der Waals surface area contributed by atoms with Crippen LogP contribution in [0.25, 0.3) is 44.5 Å². The van der Waals surface area contributed by atoms with E-state index in [1.165, 1.54) is 19.3 Å². The Labute approximate surface area is 214 Å². The van der Waals surface area contributed by atoms with E-state index in [9.17, 15) is 4.79 Å². The van der Waals surface area contributed by atoms with Crippen molar-refractivity contribution >= 4 is 39.2 Å². The van der Waals surface area contributed by atoms with Crippen LogP contribution in [0.15, 0.2) is 49.1 Å². The first-order chi connectivity index (χ1) is 17.9. The number of nitrogens with one attached hydrogen (secondary N) is 3. The Kier molecular flexibility index (Phi) is 5.62. The maximum atomic E-state index is 12.4. The molecule has 0 radical (unpaired) electrons. The second-order valence-corrected chi connectivity index (χ2v) is 10.7. The van der Waals surface area contributed by atoms with Crippen LogP contribution in [0.4, 0.5) is 11.5 Å². The third-order valence-electron chi connectivity index (χ3n) is 6.86. The molecular weight excluding hydrogens is 464 g/mol. The van der Waals surface area contributed by atoms with Crippen molar-refractivity contribution in [3.05, 3.63) is 49.1 Å². The molecule has 0 saturated carbocycles. The van der Waals surface area contributed by atoms with Gasteiger partial charge < -0.3 is 15.2 Å². The van der Waals surface area contributed by atoms with Gasteiger partial charge in [-0.1, -0.05) is 20.8 Å². The molecule has 1 aliphatic rings. The minimum Gasteiger partial charge on any atom is -0.356 e. The maximum Gasteiger partial charge on any atom is 0.229 e. The van der Waals surface area contributed by atoms with Crippen molar-refractivity contribution in [1.82, 2.24) is 30.1 Å². The van der Waals surface area contributed by atoms with Gasteiger partial charge in [0, 0.05) is 47.2 Å². The number of piperidine rings is 1. The molecule has 1 fully saturated rings. The van der Waals surface area contributed by atoms with Crippen molar-refractivity contribution in [2.24, 2.45) is 5.41 Å². The number of amides is 1. The molecule has 0 aliphatic carbocycles. The Morgan fingerprint density at radius 3 is 2.62 bits per heavy atom. The fraction of sp³-hybridized carbons (Fsp3) is 0.321. The predicted molar refractivity (Wildman–Crippen MR) is 146 cm³/mol. The van der Waals surface area contributed by atoms with Crippen molar-refractivity contribution in [1.29, 1.82) is 0 Å². The molecule has 5 aromatic heterocycles. The summed E-state index contributed by atoms with van der Waals surface area (Å²) in [5.41, 5.74) is 5.34. The van der Waals surface area contributed by atoms with Gasteiger partial charge in [0.2, 0.25) is 5.91 Å². The highest BCUT2D eigenvalue weighted by Gasteiger charge is 2.22. The van der Waals surface area contributed by atoms with Gasteiger partial charge in [-0.15, -0.1) is 0 Å². The molecule has 0 aromatic carbocycles. The van der Waals surface area contributed by atoms with Crippen molar-refractivity contribution < 1.29 is 4.79 Å². The molecule has 9 nitrogen and oxygen atoms in total. The summed E-state index contributed by atoms with van der Waals surface area (Å²) >= 11 is 0. The van der Waals surface area contributed by atoms with E-state index in [1.54, 1.807) is 18.6 Å². The first-order valence-electron chi connectivity index (χ1n) is 12.7. The summed E-state index contributed by atoms with van der Waals surface area (Å²) in [6.45, 7) is 7.72. The lowest BCUT2D eigenvalue weighted by atomic mass is 9.95. The first-order valence-corrected chi connectivity index (χ1v) is 12.7. The summed E-state index contributed by atoms with van der Waals surface area (Å²) in [5, 5.41) is 12.7. The normalized spacial score (nSPS) is 14.4. The quantitative estimate of drug-likeness (QED) is 0.302. The number of pyridine rings is 3. The van der Waals surface area contributed by atoms with Crippen molar-refractivity contribution in [3.63, 3.8) is 0 Å². The van der Waals surface area contributed by atoms with E-state index in [1.807, 2.05) is 45.2 Å². The lowest BCUT2D eigenvalue weighted by molar-refractivity contribution is -0.123. The second kappa shape index (κ2) is 8.99. The highest BCUT2D eigenvalue weighted by atomic mass is 16.2. The highest BCUT2D eigenvalue weighted by molar-refractivity contribution is 6.00. The monoisotopic (exact) mass is 494 g/mol. The minimum atomic E-state index is -0.498. The Balaban J connectivity index is 1.37. The SMILES string of the molecule is CC(C)(C)C(=O)Nc1cncc(-c2cc3c(-c4cc5c(N6CCCCC6)nccc5[nH]4)n[nH]c3cn2)c1. The maximum absolute atomic E-state index is 12.4. The summed E-state index contributed by atoms with van der Waals surface area (Å²) in [7, 11) is 0. The number of carbonyl (C=O) groups excluding carboxylic acids is 1. The van der Waals surface area contributed by atoms with Gasteiger partial charge in [-0.3, -0.25) is 19.9 Å². The van der Waals surface area contributed by atoms with Crippen molar-refractivity contribution in [2.45, 2.75) is 40.0 Å². The average molecular weight is 495 g/mol. The molecule has 1 aliphatic heterocycles. The molecule has 1 amide bonds. The number of anilines is 2. The van der Waals surface area contributed by atoms with Crippen LogP contribution < -0.4 is 10.2 Å². The molecule has 188 valence electrons. The molecule has 0 atom stereocenters. The van der Waals surface area contributed by atoms with Gasteiger partial charge in [0.1, 0.15) is 11.5 Å². The van der Waals surface area contributed by atoms with E-state index in [2.05, 4.69) is 41.4 Å². The van der Waals surface area contributed by atoms with E-state index < -0.39 is 5.41 Å². The predicted octanol–water partition coefficient (Wildman–Crippen LogP) is 5.54. The molecule has 9 heteroatoms. The fourth-order valence-electron chi connectivity index (χ4n) is 4.77. The van der Waals surface area contributed by atoms with Crippen LogP contribution in [0.2, 0.25) is 0 Å². The van der Waals surface area contributed by atoms with Crippen LogP contribution in [0, 0.1) is 5.41 Å². The molecule has 6 rings (SSSR count). The second-order valence-electron chi connectivity index (χ2n) is 10.7. The number of carbonyl (C=O) groups is 1. The number of H-pyrrole nitrogens is 2. The lowest BCUT2D eigenvalue weighted by Gasteiger charge is -2.28. The third-order valence-corrected chi connectivity index (χ3v) is 6.86. The fourth-order valence-corrected chi connectivity index (χ4v) is 4.77. The van der Waals surface area contributed by atoms with Crippen molar-refractivity contribution in [3.8, 4) is 22.6 Å². The summed E-state index contributed by atoms with van der Waals surface area (Å²) in [6, 6.07) is 8.06. The van der Waals surface area contributed by atoms with E-state index in [0.717, 1.165) is 63.4 Å². The Bertz CT molecular complexity index is 1600. The molecule has 0 spiro atoms. The summed E-state index contributed by atoms with van der Waals surface area (Å²) in [4.78, 5) is 32.0. The zero-order chi connectivity index (χ0) is 25.6. The van der Waals surface area contributed by atoms with Crippen LogP contribution in [0.5, 0.6) is 0 Å². The number of aromatic nitrogens is 6. The largest absolute Gasteiger partial charge is 0.356 e. The Hall–Kier alpha value is -4.27. The minimum absolute atomic E-state index is 0.0656. The van der Waals surface area contributed by atoms with Crippen LogP contribution in [-0.4, -0.2) is 49.1 Å². The molecule has 6 heterocycles. The van der Waals surface area contributed by atoms with Crippen molar-refractivity contribution in [2.75, 3.05) is 23.3 Å². The van der Waals surface area contributed by atoms with Crippen LogP contribution in [-0.2, 0) is 4.79 Å². The third kappa shape index (κ3) is 4.41. The molecule has 1 saturated heterocycles. The number of fused-ring (bicyclic) bond motifs is 2. The molecule has 0 unspecified atom stereocenters. The van der Waals surface area contributed by atoms with Gasteiger partial charge in [0.25, 0.3) is 0 Å². The smallest absolute Gasteiger partial charge is 0.229 e. The standard InChI is InChI=1S/C28H30N8O/c1-28(2,3)27(37)32-18-11-17(14-29-15-18)22-12-19-24(16-31-22)34-35-25(19)23-13-20-21(33-23)7-8-30-26(20)36-9-5-4-6-10-36/h7-8,11-16,33H,4-6,9-10H2,1-3H3,(H,32,37)(H,34,35). The Morgan fingerprint density at radius 2 is 1.81 bits per heavy atom. The first kappa shape index (κ1) is 23.1. The summed E-state index contributed by atoms with van der Waals surface area (Å²) in [6.07, 6.45) is 10.7. The lowest BCUT2D eigenvalue weighted by Crippen LogP contribution is -2.30. The van der Waals surface area contributed by atoms with E-state index >= 15 is 0 Å². The molecule has 37 heavy (non-hydrogen) atoms. The van der Waals surface area contributed by atoms with Gasteiger partial charge in [0.05, 0.1) is 40.5 Å². The van der Waals surface area contributed by atoms with Gasteiger partial charge >= 0.3 is 0 Å². The van der Waals surface area contributed by atoms with E-state index in [4.69, 9.17) is 4.98 Å². The number of nitrogens with zero attached hydrogens (tertiary/aromatic N) is 5. The van der Waals surface area contributed by atoms with Gasteiger partial charge in [0.15, 0.2) is 0 Å². The summed E-state index contributed by atoms with van der Waals surface area (Å²) < 4.78 is 0. The van der Waals surface area contributed by atoms with Gasteiger partial charge in [-0.05, 0) is 43.5 Å². The zero-order valence-corrected chi connectivity index (χ0v) is 21.3. The van der Waals surface area contributed by atoms with Crippen LogP contribution in [0.1, 0.15) is 40.0 Å². The van der Waals surface area contributed by atoms with Crippen LogP contribution >= 0.6 is 0 Å². The zero-order valence-electron chi connectivity index (χ0n) is 21.3. The molecule has 0 bridgehead atoms. The number of hydrogen-bond donors (Lipinski definition) is 3. The van der Waals surface area contributed by atoms with Gasteiger partial charge in [-0.2, -0.15) is 5.10 Å². The van der Waals surface area contributed by atoms with Gasteiger partial charge in [-0.25, -0.2) is 4.98 Å². The van der Waals surface area contributed by atoms with E-state index in [0.29, 0.717) is 5.69 Å². The number of hydrogen-bond acceptors (Lipinski definition) is 6. The highest BCUT2D eigenvalue weighted by Crippen LogP contribution is 2.34. The molecule has 3 N–H and O–H groups in total. The summed E-state index contributed by atoms with van der Waals surface area (Å²) in [5.74, 6) is 0.964. The number of aromatic amines is 2. The van der Waals surface area contributed by atoms with E-state index in [-0.39, 0.29) is 5.91 Å². The topological polar surface area (TPSA) is 115 Å². The Morgan fingerprint density at radius 1 is 0.973 bits per heavy atom. The number of rotatable bonds is 4. The molecule has 5 aromatic rings. The van der Waals surface area contributed by atoms with Crippen LogP contribution in [0.3, 0.4) is 0 Å². The molecular formula is C28H30N8O. The average Bonchev–Trinajstić information content (AvgIpc) is 3.52.